The number of carbonyl (C=O) groups is 2. The minimum Gasteiger partial charge on any atom is -0.338 e. The van der Waals surface area contributed by atoms with Crippen LogP contribution in [-0.2, 0) is 16.1 Å². The molecule has 1 N–H and O–H groups in total. The molecule has 0 aromatic heterocycles. The fourth-order valence-corrected chi connectivity index (χ4v) is 2.91. The number of nitrogens with one attached hydrogen (secondary N) is 1. The van der Waals surface area contributed by atoms with Crippen LogP contribution in [0.2, 0.25) is 5.02 Å². The van der Waals surface area contributed by atoms with Crippen molar-refractivity contribution in [3.63, 3.8) is 0 Å². The van der Waals surface area contributed by atoms with Crippen molar-refractivity contribution in [1.29, 1.82) is 0 Å². The van der Waals surface area contributed by atoms with Gasteiger partial charge in [0.15, 0.2) is 5.82 Å². The van der Waals surface area contributed by atoms with Gasteiger partial charge in [0.25, 0.3) is 0 Å². The lowest BCUT2D eigenvalue weighted by Crippen LogP contribution is -2.28. The quantitative estimate of drug-likeness (QED) is 0.921. The van der Waals surface area contributed by atoms with Gasteiger partial charge in [-0.15, -0.1) is 0 Å². The van der Waals surface area contributed by atoms with Crippen LogP contribution >= 0.6 is 11.6 Å². The van der Waals surface area contributed by atoms with Crippen LogP contribution < -0.4 is 5.32 Å². The molecule has 0 spiro atoms. The van der Waals surface area contributed by atoms with Gasteiger partial charge >= 0.3 is 0 Å². The van der Waals surface area contributed by atoms with Crippen LogP contribution in [-0.4, -0.2) is 23.3 Å². The summed E-state index contributed by atoms with van der Waals surface area (Å²) >= 11 is 5.70. The molecule has 2 amide bonds. The number of rotatable bonds is 4. The van der Waals surface area contributed by atoms with Crippen molar-refractivity contribution in [3.05, 3.63) is 64.9 Å². The second kappa shape index (κ2) is 7.01. The average molecular weight is 347 g/mol. The summed E-state index contributed by atoms with van der Waals surface area (Å²) in [4.78, 5) is 26.1. The standard InChI is InChI=1S/C18H16ClFN2O2/c19-14-7-4-8-15(17(14)20)21-18(24)13-9-16(23)22(11-13)10-12-5-2-1-3-6-12/h1-8,13H,9-11H2,(H,21,24)/t13-/m0/s1. The molecule has 1 fully saturated rings. The largest absolute Gasteiger partial charge is 0.338 e. The third kappa shape index (κ3) is 3.57. The predicted octanol–water partition coefficient (Wildman–Crippen LogP) is 3.47. The Labute approximate surface area is 144 Å². The summed E-state index contributed by atoms with van der Waals surface area (Å²) in [5, 5.41) is 2.47. The van der Waals surface area contributed by atoms with Gasteiger partial charge in [0.2, 0.25) is 11.8 Å². The Morgan fingerprint density at radius 2 is 1.96 bits per heavy atom. The smallest absolute Gasteiger partial charge is 0.229 e. The summed E-state index contributed by atoms with van der Waals surface area (Å²) < 4.78 is 13.9. The molecule has 4 nitrogen and oxygen atoms in total. The molecule has 1 heterocycles. The second-order valence-electron chi connectivity index (χ2n) is 5.75. The monoisotopic (exact) mass is 346 g/mol. The fraction of sp³-hybridized carbons (Fsp3) is 0.222. The summed E-state index contributed by atoms with van der Waals surface area (Å²) in [6, 6.07) is 14.0. The van der Waals surface area contributed by atoms with Crippen LogP contribution in [0.4, 0.5) is 10.1 Å². The summed E-state index contributed by atoms with van der Waals surface area (Å²) in [7, 11) is 0. The second-order valence-corrected chi connectivity index (χ2v) is 6.16. The van der Waals surface area contributed by atoms with E-state index < -0.39 is 11.7 Å². The Bertz CT molecular complexity index is 767. The van der Waals surface area contributed by atoms with Crippen LogP contribution in [0.3, 0.4) is 0 Å². The van der Waals surface area contributed by atoms with Gasteiger partial charge in [-0.3, -0.25) is 9.59 Å². The number of halogens is 2. The first kappa shape index (κ1) is 16.5. The SMILES string of the molecule is O=C(Nc1cccc(Cl)c1F)[C@H]1CC(=O)N(Cc2ccccc2)C1. The van der Waals surface area contributed by atoms with Gasteiger partial charge < -0.3 is 10.2 Å². The first-order valence-electron chi connectivity index (χ1n) is 7.61. The molecule has 1 aliphatic heterocycles. The maximum Gasteiger partial charge on any atom is 0.229 e. The molecule has 0 unspecified atom stereocenters. The maximum absolute atomic E-state index is 13.9. The zero-order chi connectivity index (χ0) is 17.1. The highest BCUT2D eigenvalue weighted by atomic mass is 35.5. The first-order valence-corrected chi connectivity index (χ1v) is 7.99. The van der Waals surface area contributed by atoms with Crippen molar-refractivity contribution in [2.24, 2.45) is 5.92 Å². The lowest BCUT2D eigenvalue weighted by Gasteiger charge is -2.16. The van der Waals surface area contributed by atoms with Crippen LogP contribution in [0.5, 0.6) is 0 Å². The van der Waals surface area contributed by atoms with E-state index in [9.17, 15) is 14.0 Å². The Morgan fingerprint density at radius 1 is 1.21 bits per heavy atom. The van der Waals surface area contributed by atoms with E-state index in [1.54, 1.807) is 11.0 Å². The highest BCUT2D eigenvalue weighted by molar-refractivity contribution is 6.31. The molecule has 0 aliphatic carbocycles. The molecule has 1 saturated heterocycles. The van der Waals surface area contributed by atoms with Crippen molar-refractivity contribution in [1.82, 2.24) is 4.90 Å². The minimum atomic E-state index is -0.669. The number of benzene rings is 2. The molecule has 124 valence electrons. The van der Waals surface area contributed by atoms with E-state index in [0.29, 0.717) is 13.1 Å². The highest BCUT2D eigenvalue weighted by Crippen LogP contribution is 2.25. The highest BCUT2D eigenvalue weighted by Gasteiger charge is 2.34. The fourth-order valence-electron chi connectivity index (χ4n) is 2.74. The van der Waals surface area contributed by atoms with E-state index in [-0.39, 0.29) is 28.9 Å². The van der Waals surface area contributed by atoms with E-state index in [0.717, 1.165) is 5.56 Å². The lowest BCUT2D eigenvalue weighted by molar-refractivity contribution is -0.128. The summed E-state index contributed by atoms with van der Waals surface area (Å²) in [5.41, 5.74) is 1.04. The van der Waals surface area contributed by atoms with Crippen molar-refractivity contribution in [3.8, 4) is 0 Å². The van der Waals surface area contributed by atoms with Gasteiger partial charge in [-0.05, 0) is 17.7 Å². The molecular weight excluding hydrogens is 331 g/mol. The van der Waals surface area contributed by atoms with E-state index in [4.69, 9.17) is 11.6 Å². The molecule has 0 saturated carbocycles. The minimum absolute atomic E-state index is 0.0291. The van der Waals surface area contributed by atoms with Gasteiger partial charge in [-0.2, -0.15) is 0 Å². The maximum atomic E-state index is 13.9. The van der Waals surface area contributed by atoms with Crippen LogP contribution in [0.1, 0.15) is 12.0 Å². The first-order chi connectivity index (χ1) is 11.5. The third-order valence-corrected chi connectivity index (χ3v) is 4.30. The third-order valence-electron chi connectivity index (χ3n) is 4.01. The van der Waals surface area contributed by atoms with E-state index in [2.05, 4.69) is 5.32 Å². The van der Waals surface area contributed by atoms with Gasteiger partial charge in [-0.25, -0.2) is 4.39 Å². The van der Waals surface area contributed by atoms with Crippen molar-refractivity contribution < 1.29 is 14.0 Å². The summed E-state index contributed by atoms with van der Waals surface area (Å²) in [6.45, 7) is 0.788. The zero-order valence-electron chi connectivity index (χ0n) is 12.8. The Kier molecular flexibility index (Phi) is 4.81. The molecule has 3 rings (SSSR count). The molecule has 1 aliphatic rings. The number of nitrogens with zero attached hydrogens (tertiary/aromatic N) is 1. The number of carbonyl (C=O) groups excluding carboxylic acids is 2. The molecule has 1 atom stereocenters. The van der Waals surface area contributed by atoms with E-state index >= 15 is 0 Å². The topological polar surface area (TPSA) is 49.4 Å². The van der Waals surface area contributed by atoms with Crippen LogP contribution in [0, 0.1) is 11.7 Å². The van der Waals surface area contributed by atoms with E-state index in [1.165, 1.54) is 12.1 Å². The Hall–Kier alpha value is -2.40. The normalized spacial score (nSPS) is 17.2. The van der Waals surface area contributed by atoms with Crippen LogP contribution in [0.15, 0.2) is 48.5 Å². The van der Waals surface area contributed by atoms with Gasteiger partial charge in [0, 0.05) is 19.5 Å². The molecule has 24 heavy (non-hydrogen) atoms. The number of hydrogen-bond acceptors (Lipinski definition) is 2. The number of anilines is 1. The Morgan fingerprint density at radius 3 is 2.71 bits per heavy atom. The molecule has 2 aromatic rings. The molecular formula is C18H16ClFN2O2. The van der Waals surface area contributed by atoms with Crippen LogP contribution in [0.25, 0.3) is 0 Å². The van der Waals surface area contributed by atoms with Gasteiger partial charge in [-0.1, -0.05) is 48.0 Å². The molecule has 2 aromatic carbocycles. The zero-order valence-corrected chi connectivity index (χ0v) is 13.6. The molecule has 0 radical (unpaired) electrons. The average Bonchev–Trinajstić information content (AvgIpc) is 2.94. The summed E-state index contributed by atoms with van der Waals surface area (Å²) in [6.07, 6.45) is 0.126. The molecule has 6 heteroatoms. The van der Waals surface area contributed by atoms with E-state index in [1.807, 2.05) is 30.3 Å². The number of hydrogen-bond donors (Lipinski definition) is 1. The van der Waals surface area contributed by atoms with Crippen molar-refractivity contribution in [2.75, 3.05) is 11.9 Å². The Balaban J connectivity index is 1.64. The molecule has 0 bridgehead atoms. The summed E-state index contributed by atoms with van der Waals surface area (Å²) in [5.74, 6) is -1.62. The van der Waals surface area contributed by atoms with Crippen molar-refractivity contribution in [2.45, 2.75) is 13.0 Å². The number of amides is 2. The predicted molar refractivity (Wildman–Crippen MR) is 90.0 cm³/mol. The van der Waals surface area contributed by atoms with Crippen molar-refractivity contribution >= 4 is 29.1 Å². The van der Waals surface area contributed by atoms with Gasteiger partial charge in [0.05, 0.1) is 16.6 Å². The lowest BCUT2D eigenvalue weighted by atomic mass is 10.1. The van der Waals surface area contributed by atoms with Gasteiger partial charge in [0.1, 0.15) is 0 Å². The number of likely N-dealkylation sites (tertiary alicyclic amines) is 1.